The summed E-state index contributed by atoms with van der Waals surface area (Å²) in [6, 6.07) is 17.3. The minimum Gasteiger partial charge on any atom is -0.370 e. The zero-order valence-corrected chi connectivity index (χ0v) is 17.4. The number of likely N-dealkylation sites (tertiary alicyclic amines) is 1. The summed E-state index contributed by atoms with van der Waals surface area (Å²) < 4.78 is 0. The van der Waals surface area contributed by atoms with E-state index >= 15 is 0 Å². The summed E-state index contributed by atoms with van der Waals surface area (Å²) in [6.07, 6.45) is 2.37. The number of aryl methyl sites for hydroxylation is 1. The molecule has 5 nitrogen and oxygen atoms in total. The Bertz CT molecular complexity index is 822. The van der Waals surface area contributed by atoms with Crippen molar-refractivity contribution in [3.63, 3.8) is 0 Å². The number of anilines is 1. The molecule has 2 aromatic carbocycles. The van der Waals surface area contributed by atoms with Crippen LogP contribution in [0.15, 0.2) is 54.6 Å². The van der Waals surface area contributed by atoms with E-state index in [1.807, 2.05) is 42.5 Å². The Morgan fingerprint density at radius 3 is 2.52 bits per heavy atom. The van der Waals surface area contributed by atoms with Crippen LogP contribution in [0.25, 0.3) is 0 Å². The highest BCUT2D eigenvalue weighted by atomic mass is 16.2. The second-order valence-corrected chi connectivity index (χ2v) is 7.51. The van der Waals surface area contributed by atoms with Crippen molar-refractivity contribution in [3.8, 4) is 0 Å². The van der Waals surface area contributed by atoms with Crippen LogP contribution in [0.3, 0.4) is 0 Å². The predicted octanol–water partition coefficient (Wildman–Crippen LogP) is 3.69. The quantitative estimate of drug-likeness (QED) is 0.744. The first-order valence-electron chi connectivity index (χ1n) is 10.5. The molecule has 0 spiro atoms. The molecule has 1 heterocycles. The second-order valence-electron chi connectivity index (χ2n) is 7.51. The Morgan fingerprint density at radius 1 is 1.10 bits per heavy atom. The number of para-hydroxylation sites is 1. The number of hydrogen-bond donors (Lipinski definition) is 1. The van der Waals surface area contributed by atoms with Crippen molar-refractivity contribution in [3.05, 3.63) is 65.7 Å². The van der Waals surface area contributed by atoms with Gasteiger partial charge in [0.05, 0.1) is 0 Å². The number of hydrogen-bond acceptors (Lipinski definition) is 3. The van der Waals surface area contributed by atoms with Gasteiger partial charge in [-0.05, 0) is 43.9 Å². The van der Waals surface area contributed by atoms with Gasteiger partial charge in [-0.3, -0.25) is 9.59 Å². The number of likely N-dealkylation sites (N-methyl/N-ethyl adjacent to an activating group) is 1. The lowest BCUT2D eigenvalue weighted by molar-refractivity contribution is -0.142. The average molecular weight is 394 g/mol. The first kappa shape index (κ1) is 20.9. The third kappa shape index (κ3) is 5.17. The lowest BCUT2D eigenvalue weighted by Gasteiger charge is -2.34. The molecular formula is C24H31N3O2. The minimum absolute atomic E-state index is 0.0651. The van der Waals surface area contributed by atoms with Gasteiger partial charge in [-0.25, -0.2) is 0 Å². The smallest absolute Gasteiger partial charge is 0.247 e. The zero-order chi connectivity index (χ0) is 20.6. The van der Waals surface area contributed by atoms with Gasteiger partial charge in [-0.2, -0.15) is 0 Å². The van der Waals surface area contributed by atoms with Crippen LogP contribution in [-0.2, 0) is 9.59 Å². The van der Waals surface area contributed by atoms with Gasteiger partial charge < -0.3 is 15.1 Å². The van der Waals surface area contributed by atoms with Gasteiger partial charge in [0.2, 0.25) is 11.8 Å². The van der Waals surface area contributed by atoms with E-state index in [4.69, 9.17) is 0 Å². The summed E-state index contributed by atoms with van der Waals surface area (Å²) in [5.41, 5.74) is 3.28. The van der Waals surface area contributed by atoms with E-state index in [9.17, 15) is 9.59 Å². The number of nitrogens with zero attached hydrogens (tertiary/aromatic N) is 2. The van der Waals surface area contributed by atoms with Crippen molar-refractivity contribution in [1.29, 1.82) is 0 Å². The number of amides is 2. The van der Waals surface area contributed by atoms with Crippen LogP contribution in [0.2, 0.25) is 0 Å². The maximum Gasteiger partial charge on any atom is 0.247 e. The number of nitrogens with one attached hydrogen (secondary N) is 1. The van der Waals surface area contributed by atoms with E-state index in [1.54, 1.807) is 4.90 Å². The molecule has 1 aliphatic heterocycles. The molecule has 2 aromatic rings. The largest absolute Gasteiger partial charge is 0.370 e. The van der Waals surface area contributed by atoms with Crippen LogP contribution in [0.5, 0.6) is 0 Å². The summed E-state index contributed by atoms with van der Waals surface area (Å²) in [5, 5.41) is 3.08. The molecule has 0 aliphatic carbocycles. The highest BCUT2D eigenvalue weighted by Crippen LogP contribution is 2.26. The summed E-state index contributed by atoms with van der Waals surface area (Å²) in [4.78, 5) is 29.6. The molecule has 1 fully saturated rings. The molecule has 29 heavy (non-hydrogen) atoms. The van der Waals surface area contributed by atoms with Crippen molar-refractivity contribution >= 4 is 17.5 Å². The third-order valence-corrected chi connectivity index (χ3v) is 5.55. The molecule has 1 saturated heterocycles. The molecule has 1 aliphatic rings. The van der Waals surface area contributed by atoms with E-state index in [2.05, 4.69) is 36.2 Å². The molecule has 1 N–H and O–H groups in total. The van der Waals surface area contributed by atoms with Gasteiger partial charge in [0.15, 0.2) is 0 Å². The average Bonchev–Trinajstić information content (AvgIpc) is 2.74. The van der Waals surface area contributed by atoms with Gasteiger partial charge in [-0.15, -0.1) is 0 Å². The molecule has 2 amide bonds. The van der Waals surface area contributed by atoms with E-state index in [1.165, 1.54) is 11.3 Å². The number of benzene rings is 2. The fraction of sp³-hybridized carbons (Fsp3) is 0.417. The Labute approximate surface area is 173 Å². The van der Waals surface area contributed by atoms with Crippen LogP contribution < -0.4 is 10.2 Å². The van der Waals surface area contributed by atoms with Crippen molar-refractivity contribution in [2.45, 2.75) is 39.2 Å². The fourth-order valence-corrected chi connectivity index (χ4v) is 3.99. The van der Waals surface area contributed by atoms with Crippen molar-refractivity contribution in [1.82, 2.24) is 10.2 Å². The predicted molar refractivity (Wildman–Crippen MR) is 117 cm³/mol. The van der Waals surface area contributed by atoms with E-state index in [-0.39, 0.29) is 11.8 Å². The van der Waals surface area contributed by atoms with Crippen molar-refractivity contribution in [2.75, 3.05) is 31.1 Å². The highest BCUT2D eigenvalue weighted by molar-refractivity contribution is 5.89. The Balaban J connectivity index is 1.68. The van der Waals surface area contributed by atoms with Crippen molar-refractivity contribution < 1.29 is 9.59 Å². The summed E-state index contributed by atoms with van der Waals surface area (Å²) in [7, 11) is 0. The molecule has 154 valence electrons. The molecule has 0 aromatic heterocycles. The number of carbonyl (C=O) groups excluding carboxylic acids is 2. The molecule has 0 radical (unpaired) electrons. The normalized spacial score (nSPS) is 15.1. The fourth-order valence-electron chi connectivity index (χ4n) is 3.99. The standard InChI is InChI=1S/C24H31N3O2/c1-3-26(21-14-8-7-11-19(21)2)18-16-25-24(29)23(20-12-5-4-6-13-20)27-17-10-9-15-22(27)28/h4-8,11-14,23H,3,9-10,15-18H2,1-2H3,(H,25,29). The van der Waals surface area contributed by atoms with Gasteiger partial charge >= 0.3 is 0 Å². The van der Waals surface area contributed by atoms with Crippen LogP contribution in [-0.4, -0.2) is 42.9 Å². The molecular weight excluding hydrogens is 362 g/mol. The van der Waals surface area contributed by atoms with Crippen LogP contribution in [0, 0.1) is 6.92 Å². The van der Waals surface area contributed by atoms with Crippen LogP contribution in [0.1, 0.15) is 43.4 Å². The SMILES string of the molecule is CCN(CCNC(=O)C(c1ccccc1)N1CCCCC1=O)c1ccccc1C. The zero-order valence-electron chi connectivity index (χ0n) is 17.4. The van der Waals surface area contributed by atoms with Crippen LogP contribution in [0.4, 0.5) is 5.69 Å². The summed E-state index contributed by atoms with van der Waals surface area (Å²) >= 11 is 0. The summed E-state index contributed by atoms with van der Waals surface area (Å²) in [5.74, 6) is -0.0392. The first-order chi connectivity index (χ1) is 14.1. The molecule has 5 heteroatoms. The second kappa shape index (κ2) is 10.1. The van der Waals surface area contributed by atoms with Gasteiger partial charge in [0, 0.05) is 38.3 Å². The molecule has 0 saturated carbocycles. The summed E-state index contributed by atoms with van der Waals surface area (Å²) in [6.45, 7) is 6.98. The van der Waals surface area contributed by atoms with Gasteiger partial charge in [0.1, 0.15) is 6.04 Å². The maximum atomic E-state index is 13.1. The number of piperidine rings is 1. The molecule has 3 rings (SSSR count). The third-order valence-electron chi connectivity index (χ3n) is 5.55. The van der Waals surface area contributed by atoms with E-state index in [0.29, 0.717) is 19.5 Å². The van der Waals surface area contributed by atoms with Gasteiger partial charge in [0.25, 0.3) is 0 Å². The lowest BCUT2D eigenvalue weighted by atomic mass is 10.0. The Morgan fingerprint density at radius 2 is 1.83 bits per heavy atom. The monoisotopic (exact) mass is 393 g/mol. The highest BCUT2D eigenvalue weighted by Gasteiger charge is 2.32. The minimum atomic E-state index is -0.558. The van der Waals surface area contributed by atoms with Crippen molar-refractivity contribution in [2.24, 2.45) is 0 Å². The van der Waals surface area contributed by atoms with E-state index in [0.717, 1.165) is 31.5 Å². The lowest BCUT2D eigenvalue weighted by Crippen LogP contribution is -2.47. The molecule has 0 bridgehead atoms. The number of rotatable bonds is 8. The Kier molecular flexibility index (Phi) is 7.28. The topological polar surface area (TPSA) is 52.7 Å². The number of carbonyl (C=O) groups is 2. The molecule has 1 unspecified atom stereocenters. The Hall–Kier alpha value is -2.82. The van der Waals surface area contributed by atoms with Gasteiger partial charge in [-0.1, -0.05) is 48.5 Å². The maximum absolute atomic E-state index is 13.1. The van der Waals surface area contributed by atoms with Crippen LogP contribution >= 0.6 is 0 Å². The molecule has 1 atom stereocenters. The van der Waals surface area contributed by atoms with E-state index < -0.39 is 6.04 Å². The first-order valence-corrected chi connectivity index (χ1v) is 10.5.